The van der Waals surface area contributed by atoms with Crippen molar-refractivity contribution < 1.29 is 9.59 Å². The Bertz CT molecular complexity index is 565. The van der Waals surface area contributed by atoms with Crippen LogP contribution in [0.15, 0.2) is 16.8 Å². The van der Waals surface area contributed by atoms with Gasteiger partial charge in [0.2, 0.25) is 5.91 Å². The van der Waals surface area contributed by atoms with Gasteiger partial charge >= 0.3 is 0 Å². The Balaban J connectivity index is 0.00000225. The number of piperazine rings is 1. The van der Waals surface area contributed by atoms with Gasteiger partial charge in [0.05, 0.1) is 5.56 Å². The fraction of sp³-hybridized carbons (Fsp3) is 0.667. The van der Waals surface area contributed by atoms with Crippen molar-refractivity contribution >= 4 is 35.6 Å². The first-order valence-corrected chi connectivity index (χ1v) is 9.87. The highest BCUT2D eigenvalue weighted by Crippen LogP contribution is 2.38. The maximum absolute atomic E-state index is 12.7. The van der Waals surface area contributed by atoms with E-state index in [2.05, 4.69) is 0 Å². The van der Waals surface area contributed by atoms with Gasteiger partial charge in [0.1, 0.15) is 0 Å². The lowest BCUT2D eigenvalue weighted by molar-refractivity contribution is -0.135. The van der Waals surface area contributed by atoms with Crippen molar-refractivity contribution in [2.24, 2.45) is 11.1 Å². The van der Waals surface area contributed by atoms with Gasteiger partial charge in [-0.15, -0.1) is 12.4 Å². The zero-order valence-electron chi connectivity index (χ0n) is 14.6. The number of hydrogen-bond acceptors (Lipinski definition) is 4. The minimum atomic E-state index is 0. The first-order chi connectivity index (χ1) is 11.6. The average Bonchev–Trinajstić information content (AvgIpc) is 3.16. The van der Waals surface area contributed by atoms with Crippen LogP contribution in [0.4, 0.5) is 0 Å². The van der Waals surface area contributed by atoms with Gasteiger partial charge in [0.15, 0.2) is 0 Å². The number of hydrogen-bond donors (Lipinski definition) is 1. The van der Waals surface area contributed by atoms with Gasteiger partial charge in [-0.25, -0.2) is 0 Å². The molecule has 1 aliphatic carbocycles. The maximum Gasteiger partial charge on any atom is 0.254 e. The predicted molar refractivity (Wildman–Crippen MR) is 103 cm³/mol. The maximum atomic E-state index is 12.7. The fourth-order valence-electron chi connectivity index (χ4n) is 3.92. The largest absolute Gasteiger partial charge is 0.339 e. The Morgan fingerprint density at radius 2 is 1.72 bits per heavy atom. The van der Waals surface area contributed by atoms with Crippen molar-refractivity contribution in [3.8, 4) is 0 Å². The van der Waals surface area contributed by atoms with Crippen LogP contribution >= 0.6 is 23.7 Å². The minimum Gasteiger partial charge on any atom is -0.339 e. The van der Waals surface area contributed by atoms with Gasteiger partial charge in [0.25, 0.3) is 5.91 Å². The van der Waals surface area contributed by atoms with Crippen LogP contribution in [0.2, 0.25) is 0 Å². The number of carbonyl (C=O) groups is 2. The highest BCUT2D eigenvalue weighted by molar-refractivity contribution is 7.08. The first kappa shape index (κ1) is 20.2. The summed E-state index contributed by atoms with van der Waals surface area (Å²) >= 11 is 1.53. The number of rotatable bonds is 4. The molecule has 1 aromatic rings. The van der Waals surface area contributed by atoms with Crippen LogP contribution < -0.4 is 5.73 Å². The zero-order valence-corrected chi connectivity index (χ0v) is 16.2. The number of halogens is 1. The van der Waals surface area contributed by atoms with Gasteiger partial charge in [-0.3, -0.25) is 9.59 Å². The molecular weight excluding hydrogens is 358 g/mol. The van der Waals surface area contributed by atoms with Crippen molar-refractivity contribution in [1.82, 2.24) is 9.80 Å². The van der Waals surface area contributed by atoms with Crippen molar-refractivity contribution in [1.29, 1.82) is 0 Å². The molecular formula is C18H28ClN3O2S. The summed E-state index contributed by atoms with van der Waals surface area (Å²) in [4.78, 5) is 28.8. The highest BCUT2D eigenvalue weighted by Gasteiger charge is 2.35. The summed E-state index contributed by atoms with van der Waals surface area (Å²) in [5.41, 5.74) is 6.78. The van der Waals surface area contributed by atoms with E-state index in [9.17, 15) is 9.59 Å². The van der Waals surface area contributed by atoms with Crippen LogP contribution in [0, 0.1) is 5.41 Å². The summed E-state index contributed by atoms with van der Waals surface area (Å²) in [6, 6.07) is 1.86. The molecule has 1 aliphatic heterocycles. The molecule has 25 heavy (non-hydrogen) atoms. The van der Waals surface area contributed by atoms with E-state index in [4.69, 9.17) is 5.73 Å². The molecule has 2 aliphatic rings. The second-order valence-corrected chi connectivity index (χ2v) is 7.91. The molecule has 0 unspecified atom stereocenters. The number of thiophene rings is 1. The van der Waals surface area contributed by atoms with E-state index in [1.807, 2.05) is 26.6 Å². The lowest BCUT2D eigenvalue weighted by Crippen LogP contribution is -2.51. The van der Waals surface area contributed by atoms with Crippen LogP contribution in [-0.4, -0.2) is 54.3 Å². The van der Waals surface area contributed by atoms with Gasteiger partial charge in [-0.1, -0.05) is 19.3 Å². The smallest absolute Gasteiger partial charge is 0.254 e. The topological polar surface area (TPSA) is 66.6 Å². The summed E-state index contributed by atoms with van der Waals surface area (Å²) < 4.78 is 0. The normalized spacial score (nSPS) is 20.0. The second-order valence-electron chi connectivity index (χ2n) is 7.13. The molecule has 5 nitrogen and oxygen atoms in total. The Morgan fingerprint density at radius 3 is 2.28 bits per heavy atom. The molecule has 0 atom stereocenters. The number of carbonyl (C=O) groups excluding carboxylic acids is 2. The van der Waals surface area contributed by atoms with E-state index in [0.29, 0.717) is 39.1 Å². The molecule has 140 valence electrons. The standard InChI is InChI=1S/C18H27N3O2S.ClH/c19-14-18(5-2-1-3-6-18)12-16(22)20-7-9-21(10-8-20)17(23)15-4-11-24-13-15;/h4,11,13H,1-3,5-10,12,14,19H2;1H. The summed E-state index contributed by atoms with van der Waals surface area (Å²) in [5, 5.41) is 3.80. The van der Waals surface area contributed by atoms with Gasteiger partial charge in [-0.2, -0.15) is 11.3 Å². The third-order valence-electron chi connectivity index (χ3n) is 5.56. The highest BCUT2D eigenvalue weighted by atomic mass is 35.5. The molecule has 2 heterocycles. The number of amides is 2. The molecule has 1 saturated heterocycles. The SMILES string of the molecule is Cl.NCC1(CC(=O)N2CCN(C(=O)c3ccsc3)CC2)CCCCC1. The molecule has 0 radical (unpaired) electrons. The van der Waals surface area contributed by atoms with Crippen LogP contribution in [-0.2, 0) is 4.79 Å². The molecule has 0 aromatic carbocycles. The third kappa shape index (κ3) is 4.74. The van der Waals surface area contributed by atoms with E-state index in [0.717, 1.165) is 18.4 Å². The average molecular weight is 386 g/mol. The van der Waals surface area contributed by atoms with Gasteiger partial charge < -0.3 is 15.5 Å². The predicted octanol–water partition coefficient (Wildman–Crippen LogP) is 2.75. The van der Waals surface area contributed by atoms with Crippen molar-refractivity contribution in [2.45, 2.75) is 38.5 Å². The summed E-state index contributed by atoms with van der Waals surface area (Å²) in [6.45, 7) is 3.12. The lowest BCUT2D eigenvalue weighted by Gasteiger charge is -2.39. The van der Waals surface area contributed by atoms with E-state index in [1.165, 1.54) is 30.6 Å². The van der Waals surface area contributed by atoms with Crippen LogP contribution in [0.5, 0.6) is 0 Å². The molecule has 0 spiro atoms. The van der Waals surface area contributed by atoms with E-state index in [-0.39, 0.29) is 29.6 Å². The van der Waals surface area contributed by atoms with Gasteiger partial charge in [-0.05, 0) is 36.2 Å². The van der Waals surface area contributed by atoms with Crippen molar-refractivity contribution in [2.75, 3.05) is 32.7 Å². The Labute approximate surface area is 160 Å². The van der Waals surface area contributed by atoms with E-state index < -0.39 is 0 Å². The molecule has 3 rings (SSSR count). The van der Waals surface area contributed by atoms with E-state index >= 15 is 0 Å². The van der Waals surface area contributed by atoms with Crippen LogP contribution in [0.25, 0.3) is 0 Å². The fourth-order valence-corrected chi connectivity index (χ4v) is 4.54. The molecule has 7 heteroatoms. The summed E-state index contributed by atoms with van der Waals surface area (Å²) in [6.07, 6.45) is 6.36. The monoisotopic (exact) mass is 385 g/mol. The summed E-state index contributed by atoms with van der Waals surface area (Å²) in [5.74, 6) is 0.291. The molecule has 1 aromatic heterocycles. The van der Waals surface area contributed by atoms with Gasteiger partial charge in [0, 0.05) is 38.0 Å². The number of nitrogens with two attached hydrogens (primary N) is 1. The van der Waals surface area contributed by atoms with Crippen LogP contribution in [0.1, 0.15) is 48.9 Å². The zero-order chi connectivity index (χ0) is 17.0. The molecule has 2 N–H and O–H groups in total. The van der Waals surface area contributed by atoms with E-state index in [1.54, 1.807) is 0 Å². The molecule has 0 bridgehead atoms. The minimum absolute atomic E-state index is 0. The first-order valence-electron chi connectivity index (χ1n) is 8.93. The lowest BCUT2D eigenvalue weighted by atomic mass is 9.71. The van der Waals surface area contributed by atoms with Crippen LogP contribution in [0.3, 0.4) is 0 Å². The second kappa shape index (κ2) is 9.01. The quantitative estimate of drug-likeness (QED) is 0.866. The summed E-state index contributed by atoms with van der Waals surface area (Å²) in [7, 11) is 0. The number of nitrogens with zero attached hydrogens (tertiary/aromatic N) is 2. The van der Waals surface area contributed by atoms with Crippen molar-refractivity contribution in [3.05, 3.63) is 22.4 Å². The molecule has 2 amide bonds. The van der Waals surface area contributed by atoms with Crippen molar-refractivity contribution in [3.63, 3.8) is 0 Å². The molecule has 2 fully saturated rings. The Kier molecular flexibility index (Phi) is 7.28. The third-order valence-corrected chi connectivity index (χ3v) is 6.24. The molecule has 1 saturated carbocycles. The Morgan fingerprint density at radius 1 is 1.08 bits per heavy atom. The Hall–Kier alpha value is -1.11.